The average Bonchev–Trinajstić information content (AvgIpc) is 2.21. The highest BCUT2D eigenvalue weighted by atomic mass is 16.5. The molecule has 0 aromatic carbocycles. The van der Waals surface area contributed by atoms with Gasteiger partial charge in [-0.15, -0.1) is 0 Å². The molecule has 1 atom stereocenters. The smallest absolute Gasteiger partial charge is 0.0839 e. The largest absolute Gasteiger partial charge is 0.377 e. The van der Waals surface area contributed by atoms with Crippen LogP contribution in [0.1, 0.15) is 26.7 Å². The number of likely N-dealkylation sites (N-methyl/N-ethyl adjacent to an activating group) is 1. The number of nitrogens with zero attached hydrogens (tertiary/aromatic N) is 1. The van der Waals surface area contributed by atoms with Gasteiger partial charge in [0, 0.05) is 6.54 Å². The molecule has 1 aliphatic rings. The quantitative estimate of drug-likeness (QED) is 0.694. The lowest BCUT2D eigenvalue weighted by Gasteiger charge is -2.34. The molecule has 0 aromatic rings. The number of morpholine rings is 1. The molecule has 0 bridgehead atoms. The average molecular weight is 186 g/mol. The van der Waals surface area contributed by atoms with Gasteiger partial charge in [-0.05, 0) is 19.5 Å². The number of ether oxygens (including phenoxy) is 1. The topological polar surface area (TPSA) is 24.5 Å². The summed E-state index contributed by atoms with van der Waals surface area (Å²) in [6.07, 6.45) is 3.00. The van der Waals surface area contributed by atoms with Gasteiger partial charge in [0.2, 0.25) is 0 Å². The summed E-state index contributed by atoms with van der Waals surface area (Å²) in [5.41, 5.74) is 0. The number of rotatable bonds is 5. The number of nitrogens with one attached hydrogen (secondary N) is 1. The number of hydrogen-bond donors (Lipinski definition) is 1. The minimum Gasteiger partial charge on any atom is -0.377 e. The van der Waals surface area contributed by atoms with Crippen LogP contribution in [0.25, 0.3) is 0 Å². The molecule has 0 aromatic heterocycles. The van der Waals surface area contributed by atoms with Crippen LogP contribution in [0.4, 0.5) is 0 Å². The van der Waals surface area contributed by atoms with Crippen molar-refractivity contribution in [2.75, 3.05) is 32.8 Å². The van der Waals surface area contributed by atoms with Crippen LogP contribution in [-0.4, -0.2) is 43.9 Å². The van der Waals surface area contributed by atoms with E-state index in [1.807, 2.05) is 0 Å². The molecule has 0 radical (unpaired) electrons. The van der Waals surface area contributed by atoms with Crippen molar-refractivity contribution in [2.24, 2.45) is 0 Å². The Morgan fingerprint density at radius 1 is 1.46 bits per heavy atom. The van der Waals surface area contributed by atoms with Gasteiger partial charge < -0.3 is 4.74 Å². The van der Waals surface area contributed by atoms with Gasteiger partial charge >= 0.3 is 0 Å². The molecule has 1 fully saturated rings. The molecule has 3 heteroatoms. The van der Waals surface area contributed by atoms with Crippen LogP contribution < -0.4 is 5.32 Å². The van der Waals surface area contributed by atoms with E-state index in [1.54, 1.807) is 0 Å². The molecule has 1 rings (SSSR count). The van der Waals surface area contributed by atoms with E-state index in [2.05, 4.69) is 24.1 Å². The van der Waals surface area contributed by atoms with E-state index in [9.17, 15) is 0 Å². The van der Waals surface area contributed by atoms with E-state index in [0.29, 0.717) is 6.17 Å². The maximum Gasteiger partial charge on any atom is 0.0839 e. The molecule has 1 unspecified atom stereocenters. The zero-order valence-corrected chi connectivity index (χ0v) is 8.88. The maximum atomic E-state index is 5.44. The first kappa shape index (κ1) is 11.0. The molecule has 0 amide bonds. The maximum absolute atomic E-state index is 5.44. The molecule has 1 heterocycles. The highest BCUT2D eigenvalue weighted by Crippen LogP contribution is 2.03. The van der Waals surface area contributed by atoms with Crippen LogP contribution in [0.2, 0.25) is 0 Å². The first-order valence-electron chi connectivity index (χ1n) is 5.43. The normalized spacial score (nSPS) is 23.8. The molecule has 1 N–H and O–H groups in total. The van der Waals surface area contributed by atoms with Crippen molar-refractivity contribution in [3.05, 3.63) is 0 Å². The monoisotopic (exact) mass is 186 g/mol. The van der Waals surface area contributed by atoms with E-state index in [1.165, 1.54) is 19.4 Å². The molecule has 0 aliphatic carbocycles. The van der Waals surface area contributed by atoms with Crippen LogP contribution in [0, 0.1) is 0 Å². The second kappa shape index (κ2) is 6.35. The van der Waals surface area contributed by atoms with E-state index < -0.39 is 0 Å². The van der Waals surface area contributed by atoms with Crippen molar-refractivity contribution < 1.29 is 4.74 Å². The van der Waals surface area contributed by atoms with Crippen LogP contribution >= 0.6 is 0 Å². The summed E-state index contributed by atoms with van der Waals surface area (Å²) in [6, 6.07) is 0. The van der Waals surface area contributed by atoms with Crippen molar-refractivity contribution in [3.8, 4) is 0 Å². The Balaban J connectivity index is 2.26. The Morgan fingerprint density at radius 3 is 2.85 bits per heavy atom. The van der Waals surface area contributed by atoms with Gasteiger partial charge in [-0.25, -0.2) is 0 Å². The lowest BCUT2D eigenvalue weighted by atomic mass is 10.3. The summed E-state index contributed by atoms with van der Waals surface area (Å²) in [4.78, 5) is 2.46. The molecular formula is C10H22N2O. The van der Waals surface area contributed by atoms with E-state index in [4.69, 9.17) is 4.74 Å². The molecule has 0 saturated carbocycles. The highest BCUT2D eigenvalue weighted by molar-refractivity contribution is 4.71. The lowest BCUT2D eigenvalue weighted by molar-refractivity contribution is 0.0106. The van der Waals surface area contributed by atoms with E-state index in [0.717, 1.165) is 26.3 Å². The minimum absolute atomic E-state index is 0.449. The third kappa shape index (κ3) is 3.63. The van der Waals surface area contributed by atoms with E-state index >= 15 is 0 Å². The van der Waals surface area contributed by atoms with Gasteiger partial charge in [0.15, 0.2) is 0 Å². The summed E-state index contributed by atoms with van der Waals surface area (Å²) < 4.78 is 5.44. The number of unbranched alkanes of at least 4 members (excludes halogenated alkanes) is 1. The fourth-order valence-electron chi connectivity index (χ4n) is 1.68. The Morgan fingerprint density at radius 2 is 2.31 bits per heavy atom. The Labute approximate surface area is 81.4 Å². The summed E-state index contributed by atoms with van der Waals surface area (Å²) in [7, 11) is 0. The first-order valence-corrected chi connectivity index (χ1v) is 5.43. The van der Waals surface area contributed by atoms with Crippen molar-refractivity contribution in [1.82, 2.24) is 10.2 Å². The van der Waals surface area contributed by atoms with Gasteiger partial charge in [0.25, 0.3) is 0 Å². The van der Waals surface area contributed by atoms with Crippen molar-refractivity contribution in [3.63, 3.8) is 0 Å². The summed E-state index contributed by atoms with van der Waals surface area (Å²) in [5, 5.41) is 3.48. The SMILES string of the molecule is CCCCN(CC)C1COCCN1. The number of hydrogen-bond acceptors (Lipinski definition) is 3. The van der Waals surface area contributed by atoms with Crippen molar-refractivity contribution >= 4 is 0 Å². The predicted octanol–water partition coefficient (Wildman–Crippen LogP) is 1.05. The van der Waals surface area contributed by atoms with Crippen molar-refractivity contribution in [2.45, 2.75) is 32.9 Å². The molecule has 1 saturated heterocycles. The molecule has 13 heavy (non-hydrogen) atoms. The van der Waals surface area contributed by atoms with Crippen LogP contribution in [0.15, 0.2) is 0 Å². The molecule has 78 valence electrons. The highest BCUT2D eigenvalue weighted by Gasteiger charge is 2.18. The van der Waals surface area contributed by atoms with Crippen molar-refractivity contribution in [1.29, 1.82) is 0 Å². The van der Waals surface area contributed by atoms with Gasteiger partial charge in [0.1, 0.15) is 0 Å². The van der Waals surface area contributed by atoms with Crippen LogP contribution in [0.5, 0.6) is 0 Å². The fraction of sp³-hybridized carbons (Fsp3) is 1.00. The minimum atomic E-state index is 0.449. The van der Waals surface area contributed by atoms with Gasteiger partial charge in [0.05, 0.1) is 19.4 Å². The summed E-state index contributed by atoms with van der Waals surface area (Å²) >= 11 is 0. The standard InChI is InChI=1S/C10H22N2O/c1-3-5-7-12(4-2)10-9-13-8-6-11-10/h10-11H,3-9H2,1-2H3. The Hall–Kier alpha value is -0.120. The third-order valence-corrected chi connectivity index (χ3v) is 2.55. The third-order valence-electron chi connectivity index (χ3n) is 2.55. The second-order valence-electron chi connectivity index (χ2n) is 3.53. The van der Waals surface area contributed by atoms with Gasteiger partial charge in [-0.1, -0.05) is 20.3 Å². The zero-order valence-electron chi connectivity index (χ0n) is 8.88. The summed E-state index contributed by atoms with van der Waals surface area (Å²) in [5.74, 6) is 0. The zero-order chi connectivity index (χ0) is 9.52. The molecule has 3 nitrogen and oxygen atoms in total. The van der Waals surface area contributed by atoms with Crippen LogP contribution in [-0.2, 0) is 4.74 Å². The predicted molar refractivity (Wildman–Crippen MR) is 54.8 cm³/mol. The molecule has 1 aliphatic heterocycles. The van der Waals surface area contributed by atoms with E-state index in [-0.39, 0.29) is 0 Å². The van der Waals surface area contributed by atoms with Crippen LogP contribution in [0.3, 0.4) is 0 Å². The van der Waals surface area contributed by atoms with Gasteiger partial charge in [-0.3, -0.25) is 10.2 Å². The lowest BCUT2D eigenvalue weighted by Crippen LogP contribution is -2.52. The molecular weight excluding hydrogens is 164 g/mol. The summed E-state index contributed by atoms with van der Waals surface area (Å²) in [6.45, 7) is 9.45. The Bertz CT molecular complexity index is 124. The fourth-order valence-corrected chi connectivity index (χ4v) is 1.68. The molecule has 0 spiro atoms. The second-order valence-corrected chi connectivity index (χ2v) is 3.53. The first-order chi connectivity index (χ1) is 6.38. The van der Waals surface area contributed by atoms with Gasteiger partial charge in [-0.2, -0.15) is 0 Å². The Kier molecular flexibility index (Phi) is 5.35.